The van der Waals surface area contributed by atoms with Crippen LogP contribution in [0.2, 0.25) is 0 Å². The van der Waals surface area contributed by atoms with Crippen molar-refractivity contribution in [2.75, 3.05) is 33.7 Å². The molecule has 3 rings (SSSR count). The van der Waals surface area contributed by atoms with Crippen molar-refractivity contribution < 1.29 is 4.79 Å². The molecular weight excluding hydrogens is 312 g/mol. The van der Waals surface area contributed by atoms with Crippen LogP contribution in [-0.4, -0.2) is 55.4 Å². The number of aliphatic imine (C=N–C) groups is 1. The molecule has 0 unspecified atom stereocenters. The van der Waals surface area contributed by atoms with Gasteiger partial charge in [0, 0.05) is 27.2 Å². The van der Waals surface area contributed by atoms with Crippen LogP contribution >= 0.6 is 0 Å². The van der Waals surface area contributed by atoms with Gasteiger partial charge in [-0.1, -0.05) is 43.2 Å². The molecule has 1 heterocycles. The van der Waals surface area contributed by atoms with Crippen molar-refractivity contribution in [1.29, 1.82) is 0 Å². The average molecular weight is 342 g/mol. The molecule has 1 spiro atoms. The van der Waals surface area contributed by atoms with Crippen molar-refractivity contribution in [1.82, 2.24) is 15.1 Å². The number of benzene rings is 1. The van der Waals surface area contributed by atoms with E-state index in [1.807, 2.05) is 18.2 Å². The number of likely N-dealkylation sites (tertiary alicyclic amines) is 1. The standard InChI is InChI=1S/C20H30N4O/c1-23(2)18(25)15-22-19(21-14-17-8-4-3-5-9-17)24-13-12-20(16-24)10-6-7-11-20/h3-5,8-9H,6-7,10-16H2,1-2H3,(H,21,22). The Kier molecular flexibility index (Phi) is 5.61. The van der Waals surface area contributed by atoms with Crippen molar-refractivity contribution in [2.24, 2.45) is 10.4 Å². The molecule has 25 heavy (non-hydrogen) atoms. The highest BCUT2D eigenvalue weighted by Crippen LogP contribution is 2.45. The van der Waals surface area contributed by atoms with Crippen molar-refractivity contribution in [3.8, 4) is 0 Å². The van der Waals surface area contributed by atoms with Gasteiger partial charge >= 0.3 is 0 Å². The lowest BCUT2D eigenvalue weighted by Gasteiger charge is -2.26. The summed E-state index contributed by atoms with van der Waals surface area (Å²) in [5.74, 6) is 0.949. The summed E-state index contributed by atoms with van der Waals surface area (Å²) in [7, 11) is 3.57. The second-order valence-corrected chi connectivity index (χ2v) is 7.65. The Morgan fingerprint density at radius 1 is 1.20 bits per heavy atom. The highest BCUT2D eigenvalue weighted by molar-refractivity contribution is 5.86. The zero-order valence-electron chi connectivity index (χ0n) is 15.5. The van der Waals surface area contributed by atoms with Gasteiger partial charge in [-0.05, 0) is 30.2 Å². The van der Waals surface area contributed by atoms with E-state index in [4.69, 9.17) is 4.99 Å². The molecule has 2 fully saturated rings. The van der Waals surface area contributed by atoms with E-state index in [0.29, 0.717) is 18.5 Å². The largest absolute Gasteiger partial charge is 0.347 e. The van der Waals surface area contributed by atoms with E-state index in [2.05, 4.69) is 22.3 Å². The summed E-state index contributed by atoms with van der Waals surface area (Å²) < 4.78 is 0. The lowest BCUT2D eigenvalue weighted by Crippen LogP contribution is -2.45. The van der Waals surface area contributed by atoms with Crippen LogP contribution in [-0.2, 0) is 11.3 Å². The summed E-state index contributed by atoms with van der Waals surface area (Å²) in [6, 6.07) is 10.3. The van der Waals surface area contributed by atoms with Crippen molar-refractivity contribution in [2.45, 2.75) is 38.6 Å². The molecule has 1 aromatic rings. The van der Waals surface area contributed by atoms with Crippen LogP contribution in [0.25, 0.3) is 0 Å². The van der Waals surface area contributed by atoms with Gasteiger partial charge in [-0.2, -0.15) is 0 Å². The smallest absolute Gasteiger partial charge is 0.241 e. The Balaban J connectivity index is 1.68. The summed E-state index contributed by atoms with van der Waals surface area (Å²) in [4.78, 5) is 20.8. The number of rotatable bonds is 4. The van der Waals surface area contributed by atoms with Crippen LogP contribution in [0.5, 0.6) is 0 Å². The number of guanidine groups is 1. The average Bonchev–Trinajstić information content (AvgIpc) is 3.25. The van der Waals surface area contributed by atoms with Crippen LogP contribution in [0.1, 0.15) is 37.7 Å². The Bertz CT molecular complexity index is 605. The van der Waals surface area contributed by atoms with Gasteiger partial charge in [0.1, 0.15) is 0 Å². The molecule has 1 amide bonds. The zero-order valence-corrected chi connectivity index (χ0v) is 15.5. The van der Waals surface area contributed by atoms with Crippen LogP contribution in [0.4, 0.5) is 0 Å². The fourth-order valence-corrected chi connectivity index (χ4v) is 3.98. The summed E-state index contributed by atoms with van der Waals surface area (Å²) >= 11 is 0. The number of carbonyl (C=O) groups excluding carboxylic acids is 1. The lowest BCUT2D eigenvalue weighted by molar-refractivity contribution is -0.127. The summed E-state index contributed by atoms with van der Waals surface area (Å²) in [6.07, 6.45) is 6.65. The van der Waals surface area contributed by atoms with Gasteiger partial charge in [-0.25, -0.2) is 4.99 Å². The molecule has 2 aliphatic rings. The molecule has 0 radical (unpaired) electrons. The fraction of sp³-hybridized carbons (Fsp3) is 0.600. The Morgan fingerprint density at radius 3 is 2.60 bits per heavy atom. The third kappa shape index (κ3) is 4.53. The van der Waals surface area contributed by atoms with Gasteiger partial charge in [0.05, 0.1) is 13.1 Å². The van der Waals surface area contributed by atoms with Crippen LogP contribution < -0.4 is 5.32 Å². The van der Waals surface area contributed by atoms with E-state index in [-0.39, 0.29) is 5.91 Å². The van der Waals surface area contributed by atoms with Crippen LogP contribution in [0, 0.1) is 5.41 Å². The molecular formula is C20H30N4O. The van der Waals surface area contributed by atoms with Crippen molar-refractivity contribution in [3.05, 3.63) is 35.9 Å². The number of nitrogens with zero attached hydrogens (tertiary/aromatic N) is 3. The summed E-state index contributed by atoms with van der Waals surface area (Å²) in [5.41, 5.74) is 1.68. The third-order valence-electron chi connectivity index (χ3n) is 5.55. The number of amides is 1. The predicted molar refractivity (Wildman–Crippen MR) is 101 cm³/mol. The molecule has 0 bridgehead atoms. The topological polar surface area (TPSA) is 47.9 Å². The van der Waals surface area contributed by atoms with E-state index in [9.17, 15) is 4.79 Å². The van der Waals surface area contributed by atoms with Crippen LogP contribution in [0.15, 0.2) is 35.3 Å². The first-order chi connectivity index (χ1) is 12.1. The molecule has 1 aliphatic carbocycles. The first-order valence-corrected chi connectivity index (χ1v) is 9.35. The molecule has 5 heteroatoms. The van der Waals surface area contributed by atoms with E-state index < -0.39 is 0 Å². The number of carbonyl (C=O) groups is 1. The minimum absolute atomic E-state index is 0.0715. The first-order valence-electron chi connectivity index (χ1n) is 9.35. The summed E-state index contributed by atoms with van der Waals surface area (Å²) in [6.45, 7) is 3.05. The second-order valence-electron chi connectivity index (χ2n) is 7.65. The summed E-state index contributed by atoms with van der Waals surface area (Å²) in [5, 5.41) is 3.30. The maximum atomic E-state index is 12.0. The normalized spacial score (nSPS) is 19.4. The van der Waals surface area contributed by atoms with E-state index >= 15 is 0 Å². The predicted octanol–water partition coefficient (Wildman–Crippen LogP) is 2.49. The monoisotopic (exact) mass is 342 g/mol. The van der Waals surface area contributed by atoms with Gasteiger partial charge < -0.3 is 15.1 Å². The fourth-order valence-electron chi connectivity index (χ4n) is 3.98. The van der Waals surface area contributed by atoms with Gasteiger partial charge in [0.25, 0.3) is 0 Å². The molecule has 1 aliphatic heterocycles. The van der Waals surface area contributed by atoms with E-state index in [1.54, 1.807) is 19.0 Å². The number of hydrogen-bond donors (Lipinski definition) is 1. The highest BCUT2D eigenvalue weighted by atomic mass is 16.2. The molecule has 1 N–H and O–H groups in total. The second kappa shape index (κ2) is 7.89. The molecule has 0 aromatic heterocycles. The zero-order chi connectivity index (χ0) is 17.7. The molecule has 5 nitrogen and oxygen atoms in total. The highest BCUT2D eigenvalue weighted by Gasteiger charge is 2.41. The van der Waals surface area contributed by atoms with Gasteiger partial charge in [0.15, 0.2) is 5.96 Å². The molecule has 1 aromatic carbocycles. The minimum Gasteiger partial charge on any atom is -0.347 e. The van der Waals surface area contributed by atoms with Crippen molar-refractivity contribution >= 4 is 11.9 Å². The van der Waals surface area contributed by atoms with Crippen molar-refractivity contribution in [3.63, 3.8) is 0 Å². The van der Waals surface area contributed by atoms with E-state index in [0.717, 1.165) is 19.0 Å². The SMILES string of the molecule is CN(C)C(=O)CNC(=NCc1ccccc1)N1CCC2(CCCC2)C1. The molecule has 136 valence electrons. The molecule has 0 atom stereocenters. The maximum Gasteiger partial charge on any atom is 0.241 e. The number of hydrogen-bond acceptors (Lipinski definition) is 2. The van der Waals surface area contributed by atoms with Gasteiger partial charge in [-0.15, -0.1) is 0 Å². The van der Waals surface area contributed by atoms with Gasteiger partial charge in [0.2, 0.25) is 5.91 Å². The third-order valence-corrected chi connectivity index (χ3v) is 5.55. The first kappa shape index (κ1) is 17.8. The molecule has 1 saturated carbocycles. The number of nitrogens with one attached hydrogen (secondary N) is 1. The number of likely N-dealkylation sites (N-methyl/N-ethyl adjacent to an activating group) is 1. The maximum absolute atomic E-state index is 12.0. The molecule has 1 saturated heterocycles. The van der Waals surface area contributed by atoms with E-state index in [1.165, 1.54) is 37.7 Å². The Hall–Kier alpha value is -2.04. The quantitative estimate of drug-likeness (QED) is 0.675. The Morgan fingerprint density at radius 2 is 1.92 bits per heavy atom. The van der Waals surface area contributed by atoms with Gasteiger partial charge in [-0.3, -0.25) is 4.79 Å². The minimum atomic E-state index is 0.0715. The Labute approximate surface area is 151 Å². The van der Waals surface area contributed by atoms with Crippen LogP contribution in [0.3, 0.4) is 0 Å². The lowest BCUT2D eigenvalue weighted by atomic mass is 9.86.